The minimum atomic E-state index is -2.94. The Kier molecular flexibility index (Phi) is 9.13. The van der Waals surface area contributed by atoms with Gasteiger partial charge in [-0.15, -0.1) is 0 Å². The van der Waals surface area contributed by atoms with Crippen LogP contribution < -0.4 is 10.4 Å². The van der Waals surface area contributed by atoms with Gasteiger partial charge in [0.2, 0.25) is 5.91 Å². The quantitative estimate of drug-likeness (QED) is 0.331. The zero-order valence-electron chi connectivity index (χ0n) is 23.1. The Balaban J connectivity index is 1.92. The van der Waals surface area contributed by atoms with E-state index < -0.39 is 26.4 Å². The second kappa shape index (κ2) is 11.7. The van der Waals surface area contributed by atoms with Crippen LogP contribution in [-0.2, 0) is 18.8 Å². The normalized spacial score (nSPS) is 18.9. The van der Waals surface area contributed by atoms with Gasteiger partial charge in [-0.1, -0.05) is 109 Å². The number of rotatable bonds is 10. The summed E-state index contributed by atoms with van der Waals surface area (Å²) in [6.07, 6.45) is -0.0104. The third kappa shape index (κ3) is 5.88. The number of hydrogen-bond donors (Lipinski definition) is 0. The molecule has 2 amide bonds. The van der Waals surface area contributed by atoms with Crippen LogP contribution in [0.4, 0.5) is 4.79 Å². The molecule has 0 unspecified atom stereocenters. The molecule has 1 heterocycles. The van der Waals surface area contributed by atoms with E-state index in [0.717, 1.165) is 16.7 Å². The van der Waals surface area contributed by atoms with Gasteiger partial charge in [0.05, 0.1) is 6.04 Å². The Bertz CT molecular complexity index is 1030. The molecule has 0 bridgehead atoms. The molecule has 2 aromatic rings. The highest BCUT2D eigenvalue weighted by molar-refractivity contribution is 6.99. The van der Waals surface area contributed by atoms with Crippen molar-refractivity contribution in [3.8, 4) is 0 Å². The van der Waals surface area contributed by atoms with Gasteiger partial charge in [-0.25, -0.2) is 9.69 Å². The molecule has 37 heavy (non-hydrogen) atoms. The van der Waals surface area contributed by atoms with Gasteiger partial charge in [0, 0.05) is 5.92 Å². The van der Waals surface area contributed by atoms with Crippen molar-refractivity contribution >= 4 is 37.0 Å². The number of hydrogen-bond acceptors (Lipinski definition) is 5. The highest BCUT2D eigenvalue weighted by atomic mass is 28.4. The minimum Gasteiger partial charge on any atom is -0.447 e. The molecule has 6 nitrogen and oxygen atoms in total. The largest absolute Gasteiger partial charge is 0.447 e. The van der Waals surface area contributed by atoms with E-state index in [1.54, 1.807) is 0 Å². The van der Waals surface area contributed by atoms with Crippen LogP contribution in [0.1, 0.15) is 54.9 Å². The first-order chi connectivity index (χ1) is 17.4. The number of carbonyl (C=O) groups is 3. The zero-order valence-corrected chi connectivity index (χ0v) is 24.1. The standard InChI is InChI=1S/C30H41NO5Si/c1-21(2)26-20-35-29(34)31(26)28(33)23(4)18-22(3)27(19-32)36-37(30(5,6)7,24-14-10-8-11-15-24)25-16-12-9-13-17-25/h8-17,19,21-23,26-27H,18,20H2,1-7H3/t22-,23-,26+,27+/m0/s1. The van der Waals surface area contributed by atoms with E-state index in [1.807, 2.05) is 64.1 Å². The molecular formula is C30H41NO5Si. The van der Waals surface area contributed by atoms with Crippen molar-refractivity contribution in [3.63, 3.8) is 0 Å². The van der Waals surface area contributed by atoms with Crippen molar-refractivity contribution in [2.75, 3.05) is 6.61 Å². The van der Waals surface area contributed by atoms with Crippen molar-refractivity contribution in [1.29, 1.82) is 0 Å². The van der Waals surface area contributed by atoms with E-state index in [-0.39, 0.29) is 35.4 Å². The third-order valence-corrected chi connectivity index (χ3v) is 12.5. The maximum Gasteiger partial charge on any atom is 0.416 e. The number of aldehydes is 1. The van der Waals surface area contributed by atoms with E-state index in [1.165, 1.54) is 4.90 Å². The Morgan fingerprint density at radius 2 is 1.54 bits per heavy atom. The first kappa shape index (κ1) is 28.8. The van der Waals surface area contributed by atoms with Crippen LogP contribution in [0.2, 0.25) is 5.04 Å². The number of ether oxygens (including phenoxy) is 1. The topological polar surface area (TPSA) is 72.9 Å². The summed E-state index contributed by atoms with van der Waals surface area (Å²) in [6.45, 7) is 14.4. The number of amides is 2. The smallest absolute Gasteiger partial charge is 0.416 e. The van der Waals surface area contributed by atoms with Crippen LogP contribution in [-0.4, -0.2) is 50.3 Å². The fourth-order valence-corrected chi connectivity index (χ4v) is 10.1. The number of nitrogens with zero attached hydrogens (tertiary/aromatic N) is 1. The summed E-state index contributed by atoms with van der Waals surface area (Å²) in [5, 5.41) is 1.91. The predicted molar refractivity (Wildman–Crippen MR) is 148 cm³/mol. The first-order valence-electron chi connectivity index (χ1n) is 13.2. The monoisotopic (exact) mass is 523 g/mol. The maximum atomic E-state index is 13.3. The number of benzene rings is 2. The third-order valence-electron chi connectivity index (χ3n) is 7.48. The molecule has 200 valence electrons. The molecule has 1 fully saturated rings. The lowest BCUT2D eigenvalue weighted by molar-refractivity contribution is -0.134. The van der Waals surface area contributed by atoms with Crippen LogP contribution in [0.3, 0.4) is 0 Å². The van der Waals surface area contributed by atoms with Gasteiger partial charge in [-0.05, 0) is 33.7 Å². The van der Waals surface area contributed by atoms with Gasteiger partial charge in [-0.2, -0.15) is 0 Å². The first-order valence-corrected chi connectivity index (χ1v) is 15.1. The van der Waals surface area contributed by atoms with Crippen LogP contribution in [0.5, 0.6) is 0 Å². The second-order valence-corrected chi connectivity index (χ2v) is 15.8. The van der Waals surface area contributed by atoms with Gasteiger partial charge in [0.1, 0.15) is 19.0 Å². The van der Waals surface area contributed by atoms with Crippen LogP contribution >= 0.6 is 0 Å². The van der Waals surface area contributed by atoms with Gasteiger partial charge < -0.3 is 14.0 Å². The molecular weight excluding hydrogens is 482 g/mol. The molecule has 0 aliphatic carbocycles. The Morgan fingerprint density at radius 3 is 1.97 bits per heavy atom. The summed E-state index contributed by atoms with van der Waals surface area (Å²) >= 11 is 0. The molecule has 4 atom stereocenters. The van der Waals surface area contributed by atoms with Crippen molar-refractivity contribution in [2.24, 2.45) is 17.8 Å². The zero-order chi connectivity index (χ0) is 27.4. The van der Waals surface area contributed by atoms with E-state index >= 15 is 0 Å². The molecule has 7 heteroatoms. The Labute approximate surface area is 222 Å². The van der Waals surface area contributed by atoms with Gasteiger partial charge in [0.15, 0.2) is 0 Å². The van der Waals surface area contributed by atoms with Gasteiger partial charge >= 0.3 is 6.09 Å². The predicted octanol–water partition coefficient (Wildman–Crippen LogP) is 4.80. The fourth-order valence-electron chi connectivity index (χ4n) is 5.38. The molecule has 1 aliphatic heterocycles. The molecule has 3 rings (SSSR count). The van der Waals surface area contributed by atoms with Crippen LogP contribution in [0, 0.1) is 17.8 Å². The summed E-state index contributed by atoms with van der Waals surface area (Å²) < 4.78 is 12.2. The second-order valence-electron chi connectivity index (χ2n) is 11.6. The summed E-state index contributed by atoms with van der Waals surface area (Å²) in [7, 11) is -2.94. The Morgan fingerprint density at radius 1 is 1.03 bits per heavy atom. The van der Waals surface area contributed by atoms with E-state index in [9.17, 15) is 14.4 Å². The number of cyclic esters (lactones) is 1. The highest BCUT2D eigenvalue weighted by Gasteiger charge is 2.52. The van der Waals surface area contributed by atoms with E-state index in [0.29, 0.717) is 6.42 Å². The van der Waals surface area contributed by atoms with Crippen molar-refractivity contribution < 1.29 is 23.5 Å². The highest BCUT2D eigenvalue weighted by Crippen LogP contribution is 2.38. The summed E-state index contributed by atoms with van der Waals surface area (Å²) in [4.78, 5) is 39.4. The van der Waals surface area contributed by atoms with Gasteiger partial charge in [0.25, 0.3) is 8.32 Å². The van der Waals surface area contributed by atoms with E-state index in [2.05, 4.69) is 45.0 Å². The SMILES string of the molecule is CC(C)[C@H]1COC(=O)N1C(=O)[C@@H](C)C[C@H](C)[C@@H](C=O)O[Si](c1ccccc1)(c1ccccc1)C(C)(C)C. The molecule has 0 saturated carbocycles. The lowest BCUT2D eigenvalue weighted by atomic mass is 9.91. The molecule has 0 N–H and O–H groups in total. The Hall–Kier alpha value is -2.77. The fraction of sp³-hybridized carbons (Fsp3) is 0.500. The lowest BCUT2D eigenvalue weighted by Gasteiger charge is -2.45. The van der Waals surface area contributed by atoms with Crippen LogP contribution in [0.15, 0.2) is 60.7 Å². The molecule has 1 aliphatic rings. The van der Waals surface area contributed by atoms with Crippen molar-refractivity contribution in [1.82, 2.24) is 4.90 Å². The molecule has 0 aromatic heterocycles. The van der Waals surface area contributed by atoms with Crippen molar-refractivity contribution in [3.05, 3.63) is 60.7 Å². The van der Waals surface area contributed by atoms with Gasteiger partial charge in [-0.3, -0.25) is 4.79 Å². The minimum absolute atomic E-state index is 0.0984. The summed E-state index contributed by atoms with van der Waals surface area (Å²) in [5.74, 6) is -0.870. The average molecular weight is 524 g/mol. The number of carbonyl (C=O) groups excluding carboxylic acids is 3. The summed E-state index contributed by atoms with van der Waals surface area (Å²) in [6, 6.07) is 20.1. The van der Waals surface area contributed by atoms with Crippen LogP contribution in [0.25, 0.3) is 0 Å². The summed E-state index contributed by atoms with van der Waals surface area (Å²) in [5.41, 5.74) is 0. The van der Waals surface area contributed by atoms with Crippen molar-refractivity contribution in [2.45, 2.75) is 72.1 Å². The lowest BCUT2D eigenvalue weighted by Crippen LogP contribution is -2.68. The number of imide groups is 1. The maximum absolute atomic E-state index is 13.3. The average Bonchev–Trinajstić information content (AvgIpc) is 3.26. The molecule has 2 aromatic carbocycles. The molecule has 0 radical (unpaired) electrons. The van der Waals surface area contributed by atoms with E-state index in [4.69, 9.17) is 9.16 Å². The molecule has 1 saturated heterocycles. The molecule has 0 spiro atoms.